The molecule has 3 rings (SSSR count). The van der Waals surface area contributed by atoms with Gasteiger partial charge in [0.1, 0.15) is 11.5 Å². The van der Waals surface area contributed by atoms with Gasteiger partial charge in [0.25, 0.3) is 0 Å². The summed E-state index contributed by atoms with van der Waals surface area (Å²) in [4.78, 5) is 11.4. The molecule has 3 saturated heterocycles. The molecule has 5 nitrogen and oxygen atoms in total. The number of carboxylic acids is 1. The lowest BCUT2D eigenvalue weighted by Gasteiger charge is -2.29. The van der Waals surface area contributed by atoms with E-state index in [1.54, 1.807) is 6.92 Å². The largest absolute Gasteiger partial charge is 0.481 e. The smallest absolute Gasteiger partial charge is 0.314 e. The van der Waals surface area contributed by atoms with Gasteiger partial charge in [0.2, 0.25) is 0 Å². The van der Waals surface area contributed by atoms with Crippen molar-refractivity contribution in [3.63, 3.8) is 0 Å². The number of hydrogen-bond donors (Lipinski definition) is 1. The topological polar surface area (TPSA) is 65.0 Å². The van der Waals surface area contributed by atoms with E-state index < -0.39 is 23.3 Å². The highest BCUT2D eigenvalue weighted by atomic mass is 127. The Morgan fingerprint density at radius 3 is 2.95 bits per heavy atom. The Morgan fingerprint density at radius 1 is 1.47 bits per heavy atom. The monoisotopic (exact) mass is 380 g/mol. The number of halogens is 1. The van der Waals surface area contributed by atoms with Crippen LogP contribution in [0, 0.1) is 5.41 Å². The average Bonchev–Trinajstić information content (AvgIpc) is 2.99. The normalized spacial score (nSPS) is 49.3. The minimum atomic E-state index is -0.964. The zero-order chi connectivity index (χ0) is 13.7. The molecule has 3 aliphatic heterocycles. The van der Waals surface area contributed by atoms with Gasteiger partial charge in [-0.15, -0.1) is 0 Å². The van der Waals surface area contributed by atoms with Crippen LogP contribution < -0.4 is 0 Å². The van der Waals surface area contributed by atoms with Crippen LogP contribution >= 0.6 is 22.6 Å². The molecule has 6 heteroatoms. The minimum Gasteiger partial charge on any atom is -0.481 e. The molecule has 106 valence electrons. The molecule has 1 N–H and O–H groups in total. The van der Waals surface area contributed by atoms with Crippen molar-refractivity contribution in [2.24, 2.45) is 5.41 Å². The highest BCUT2D eigenvalue weighted by Gasteiger charge is 2.63. The third-order valence-corrected chi connectivity index (χ3v) is 4.78. The fourth-order valence-electron chi connectivity index (χ4n) is 3.21. The van der Waals surface area contributed by atoms with Gasteiger partial charge < -0.3 is 19.3 Å². The first-order valence-electron chi connectivity index (χ1n) is 6.47. The van der Waals surface area contributed by atoms with Gasteiger partial charge in [-0.25, -0.2) is 0 Å². The highest BCUT2D eigenvalue weighted by Crippen LogP contribution is 2.51. The molecular weight excluding hydrogens is 363 g/mol. The van der Waals surface area contributed by atoms with Gasteiger partial charge >= 0.3 is 5.97 Å². The van der Waals surface area contributed by atoms with Crippen molar-refractivity contribution < 1.29 is 24.1 Å². The molecule has 3 fully saturated rings. The van der Waals surface area contributed by atoms with Crippen molar-refractivity contribution in [1.82, 2.24) is 0 Å². The second kappa shape index (κ2) is 4.68. The summed E-state index contributed by atoms with van der Waals surface area (Å²) < 4.78 is 19.6. The van der Waals surface area contributed by atoms with Crippen LogP contribution in [0.2, 0.25) is 0 Å². The molecule has 0 unspecified atom stereocenters. The van der Waals surface area contributed by atoms with Crippen LogP contribution in [0.3, 0.4) is 0 Å². The molecule has 0 aliphatic carbocycles. The Morgan fingerprint density at radius 2 is 2.26 bits per heavy atom. The average molecular weight is 380 g/mol. The van der Waals surface area contributed by atoms with Crippen molar-refractivity contribution in [2.45, 2.75) is 50.3 Å². The molecular formula is C13H17IO5. The zero-order valence-electron chi connectivity index (χ0n) is 10.7. The summed E-state index contributed by atoms with van der Waals surface area (Å²) in [5.74, 6) is -1.51. The molecule has 3 heterocycles. The number of carboxylic acid groups (broad SMARTS) is 1. The molecule has 0 aromatic heterocycles. The van der Waals surface area contributed by atoms with Crippen molar-refractivity contribution in [2.75, 3.05) is 6.61 Å². The molecule has 0 amide bonds. The van der Waals surface area contributed by atoms with Crippen molar-refractivity contribution in [3.05, 3.63) is 10.2 Å². The van der Waals surface area contributed by atoms with E-state index in [9.17, 15) is 9.90 Å². The number of carbonyl (C=O) groups is 1. The Bertz CT molecular complexity index is 425. The second-order valence-electron chi connectivity index (χ2n) is 5.74. The van der Waals surface area contributed by atoms with Crippen LogP contribution in [-0.2, 0) is 19.0 Å². The van der Waals surface area contributed by atoms with Gasteiger partial charge in [-0.05, 0) is 23.5 Å². The predicted octanol–water partition coefficient (Wildman–Crippen LogP) is 2.09. The number of fused-ring (bicyclic) bond motifs is 1. The van der Waals surface area contributed by atoms with Crippen LogP contribution in [-0.4, -0.2) is 41.8 Å². The van der Waals surface area contributed by atoms with Gasteiger partial charge in [-0.1, -0.05) is 22.6 Å². The van der Waals surface area contributed by atoms with E-state index in [1.165, 1.54) is 0 Å². The first-order chi connectivity index (χ1) is 8.99. The minimum absolute atomic E-state index is 0.0619. The van der Waals surface area contributed by atoms with Crippen molar-refractivity contribution in [1.29, 1.82) is 0 Å². The predicted molar refractivity (Wildman–Crippen MR) is 75.0 cm³/mol. The SMILES string of the molecule is C[C@@]1(C(=O)O)CO[C@@H]2C[C@@]3(CC[C@@H](/C=C/I)O3)O[C@@H]21. The lowest BCUT2D eigenvalue weighted by Crippen LogP contribution is -2.42. The van der Waals surface area contributed by atoms with Crippen LogP contribution in [0.4, 0.5) is 0 Å². The Balaban J connectivity index is 1.76. The lowest BCUT2D eigenvalue weighted by atomic mass is 9.85. The summed E-state index contributed by atoms with van der Waals surface area (Å²) in [7, 11) is 0. The Labute approximate surface area is 125 Å². The molecule has 0 aromatic carbocycles. The van der Waals surface area contributed by atoms with Crippen LogP contribution in [0.15, 0.2) is 10.2 Å². The molecule has 0 bridgehead atoms. The molecule has 1 spiro atoms. The Kier molecular flexibility index (Phi) is 3.40. The summed E-state index contributed by atoms with van der Waals surface area (Å²) in [5, 5.41) is 9.37. The summed E-state index contributed by atoms with van der Waals surface area (Å²) in [6, 6.07) is 0. The summed E-state index contributed by atoms with van der Waals surface area (Å²) in [6.45, 7) is 1.90. The number of rotatable bonds is 2. The summed E-state index contributed by atoms with van der Waals surface area (Å²) >= 11 is 2.17. The Hall–Kier alpha value is -0.180. The quantitative estimate of drug-likeness (QED) is 0.744. The van der Waals surface area contributed by atoms with Crippen LogP contribution in [0.1, 0.15) is 26.2 Å². The maximum absolute atomic E-state index is 11.4. The van der Waals surface area contributed by atoms with Crippen LogP contribution in [0.25, 0.3) is 0 Å². The first-order valence-corrected chi connectivity index (χ1v) is 7.71. The number of hydrogen-bond acceptors (Lipinski definition) is 4. The summed E-state index contributed by atoms with van der Waals surface area (Å²) in [5.41, 5.74) is -0.964. The molecule has 19 heavy (non-hydrogen) atoms. The van der Waals surface area contributed by atoms with E-state index in [0.29, 0.717) is 6.42 Å². The first kappa shape index (κ1) is 13.8. The molecule has 0 aromatic rings. The maximum atomic E-state index is 11.4. The molecule has 5 atom stereocenters. The van der Waals surface area contributed by atoms with Gasteiger partial charge in [-0.3, -0.25) is 4.79 Å². The molecule has 3 aliphatic rings. The third kappa shape index (κ3) is 2.12. The maximum Gasteiger partial charge on any atom is 0.314 e. The van der Waals surface area contributed by atoms with E-state index in [2.05, 4.69) is 22.6 Å². The number of ether oxygens (including phenoxy) is 3. The second-order valence-corrected chi connectivity index (χ2v) is 6.46. The van der Waals surface area contributed by atoms with Crippen LogP contribution in [0.5, 0.6) is 0 Å². The van der Waals surface area contributed by atoms with Gasteiger partial charge in [0.05, 0.1) is 18.8 Å². The van der Waals surface area contributed by atoms with E-state index in [0.717, 1.165) is 12.8 Å². The fraction of sp³-hybridized carbons (Fsp3) is 0.769. The molecule has 0 radical (unpaired) electrons. The number of aliphatic carboxylic acids is 1. The zero-order valence-corrected chi connectivity index (χ0v) is 12.8. The molecule has 0 saturated carbocycles. The fourth-order valence-corrected chi connectivity index (χ4v) is 3.67. The third-order valence-electron chi connectivity index (χ3n) is 4.37. The van der Waals surface area contributed by atoms with Crippen molar-refractivity contribution in [3.8, 4) is 0 Å². The standard InChI is InChI=1S/C13H17IO5/c1-12(11(15)16)7-17-9-6-13(19-10(9)12)4-2-8(18-13)3-5-14/h3,5,8-10H,2,4,6-7H2,1H3,(H,15,16)/b5-3+/t8-,9+,10-,12+,13+/m0/s1. The lowest BCUT2D eigenvalue weighted by molar-refractivity contribution is -0.225. The van der Waals surface area contributed by atoms with Gasteiger partial charge in [0, 0.05) is 12.8 Å². The van der Waals surface area contributed by atoms with E-state index in [1.807, 2.05) is 10.2 Å². The van der Waals surface area contributed by atoms with Crippen molar-refractivity contribution >= 4 is 28.6 Å². The van der Waals surface area contributed by atoms with Gasteiger partial charge in [0.15, 0.2) is 5.79 Å². The van der Waals surface area contributed by atoms with Gasteiger partial charge in [-0.2, -0.15) is 0 Å². The summed E-state index contributed by atoms with van der Waals surface area (Å²) in [6.07, 6.45) is 3.83. The van der Waals surface area contributed by atoms with E-state index in [-0.39, 0.29) is 18.8 Å². The van der Waals surface area contributed by atoms with E-state index >= 15 is 0 Å². The van der Waals surface area contributed by atoms with E-state index in [4.69, 9.17) is 14.2 Å². The highest BCUT2D eigenvalue weighted by molar-refractivity contribution is 14.1.